The van der Waals surface area contributed by atoms with E-state index in [0.29, 0.717) is 12.4 Å². The summed E-state index contributed by atoms with van der Waals surface area (Å²) in [5, 5.41) is 10.1. The van der Waals surface area contributed by atoms with Gasteiger partial charge in [0, 0.05) is 23.6 Å². The fraction of sp³-hybridized carbons (Fsp3) is 0.500. The minimum Gasteiger partial charge on any atom is -0.355 e. The van der Waals surface area contributed by atoms with Gasteiger partial charge in [-0.3, -0.25) is 9.59 Å². The number of amides is 2. The highest BCUT2D eigenvalue weighted by Crippen LogP contribution is 2.34. The Kier molecular flexibility index (Phi) is 5.44. The van der Waals surface area contributed by atoms with Crippen LogP contribution < -0.4 is 10.6 Å². The maximum absolute atomic E-state index is 11.9. The predicted octanol–water partition coefficient (Wildman–Crippen LogP) is 1.67. The molecule has 1 aromatic heterocycles. The molecule has 2 N–H and O–H groups in total. The fourth-order valence-electron chi connectivity index (χ4n) is 2.09. The van der Waals surface area contributed by atoms with Crippen LogP contribution in [0.3, 0.4) is 0 Å². The first-order valence-corrected chi connectivity index (χ1v) is 8.17. The van der Waals surface area contributed by atoms with Crippen LogP contribution in [0.4, 0.5) is 5.82 Å². The SMILES string of the molecule is C/C=C\C(=O)Nc1c2c(nn1CC(=O)NCCC)CSC2. The van der Waals surface area contributed by atoms with Gasteiger partial charge >= 0.3 is 0 Å². The van der Waals surface area contributed by atoms with Gasteiger partial charge < -0.3 is 10.6 Å². The number of nitrogens with one attached hydrogen (secondary N) is 2. The van der Waals surface area contributed by atoms with Crippen LogP contribution in [0.25, 0.3) is 0 Å². The summed E-state index contributed by atoms with van der Waals surface area (Å²) in [5.41, 5.74) is 1.99. The van der Waals surface area contributed by atoms with Gasteiger partial charge in [-0.25, -0.2) is 4.68 Å². The maximum Gasteiger partial charge on any atom is 0.249 e. The van der Waals surface area contributed by atoms with Gasteiger partial charge in [0.2, 0.25) is 11.8 Å². The van der Waals surface area contributed by atoms with Crippen molar-refractivity contribution >= 4 is 29.4 Å². The lowest BCUT2D eigenvalue weighted by Gasteiger charge is -2.10. The van der Waals surface area contributed by atoms with E-state index >= 15 is 0 Å². The van der Waals surface area contributed by atoms with Crippen molar-refractivity contribution < 1.29 is 9.59 Å². The molecule has 114 valence electrons. The second-order valence-corrected chi connectivity index (χ2v) is 5.75. The van der Waals surface area contributed by atoms with Gasteiger partial charge in [0.25, 0.3) is 0 Å². The monoisotopic (exact) mass is 308 g/mol. The van der Waals surface area contributed by atoms with E-state index < -0.39 is 0 Å². The Hall–Kier alpha value is -1.76. The Morgan fingerprint density at radius 1 is 1.43 bits per heavy atom. The van der Waals surface area contributed by atoms with Crippen molar-refractivity contribution in [2.45, 2.75) is 38.3 Å². The van der Waals surface area contributed by atoms with Crippen molar-refractivity contribution in [2.24, 2.45) is 0 Å². The van der Waals surface area contributed by atoms with Crippen molar-refractivity contribution in [1.82, 2.24) is 15.1 Å². The molecule has 0 saturated heterocycles. The molecule has 0 saturated carbocycles. The molecule has 2 rings (SSSR count). The normalized spacial score (nSPS) is 13.4. The minimum atomic E-state index is -0.202. The number of allylic oxidation sites excluding steroid dienone is 1. The third kappa shape index (κ3) is 3.87. The first-order chi connectivity index (χ1) is 10.2. The number of carbonyl (C=O) groups is 2. The van der Waals surface area contributed by atoms with Gasteiger partial charge in [0.15, 0.2) is 0 Å². The number of nitrogens with zero attached hydrogens (tertiary/aromatic N) is 2. The van der Waals surface area contributed by atoms with E-state index in [-0.39, 0.29) is 18.4 Å². The van der Waals surface area contributed by atoms with E-state index in [1.165, 1.54) is 6.08 Å². The number of aromatic nitrogens is 2. The molecule has 1 aliphatic rings. The molecular formula is C14H20N4O2S. The number of hydrogen-bond acceptors (Lipinski definition) is 4. The van der Waals surface area contributed by atoms with Crippen LogP contribution in [-0.2, 0) is 27.6 Å². The lowest BCUT2D eigenvalue weighted by atomic mass is 10.3. The zero-order chi connectivity index (χ0) is 15.2. The Morgan fingerprint density at radius 2 is 2.24 bits per heavy atom. The highest BCUT2D eigenvalue weighted by molar-refractivity contribution is 7.98. The van der Waals surface area contributed by atoms with Crippen molar-refractivity contribution in [1.29, 1.82) is 0 Å². The second-order valence-electron chi connectivity index (χ2n) is 4.76. The van der Waals surface area contributed by atoms with Crippen LogP contribution in [0.15, 0.2) is 12.2 Å². The third-order valence-corrected chi connectivity index (χ3v) is 4.01. The minimum absolute atomic E-state index is 0.0905. The molecule has 2 heterocycles. The van der Waals surface area contributed by atoms with E-state index in [4.69, 9.17) is 0 Å². The molecule has 21 heavy (non-hydrogen) atoms. The maximum atomic E-state index is 11.9. The largest absolute Gasteiger partial charge is 0.355 e. The number of carbonyl (C=O) groups excluding carboxylic acids is 2. The van der Waals surface area contributed by atoms with Crippen LogP contribution in [0, 0.1) is 0 Å². The number of fused-ring (bicyclic) bond motifs is 1. The van der Waals surface area contributed by atoms with Gasteiger partial charge in [-0.05, 0) is 19.4 Å². The molecule has 0 aromatic carbocycles. The Bertz CT molecular complexity index is 566. The van der Waals surface area contributed by atoms with Gasteiger partial charge in [-0.15, -0.1) is 0 Å². The summed E-state index contributed by atoms with van der Waals surface area (Å²) in [6, 6.07) is 0. The second kappa shape index (κ2) is 7.31. The van der Waals surface area contributed by atoms with Crippen molar-refractivity contribution in [2.75, 3.05) is 11.9 Å². The van der Waals surface area contributed by atoms with Gasteiger partial charge in [-0.2, -0.15) is 16.9 Å². The molecule has 1 aromatic rings. The number of thioether (sulfide) groups is 1. The average molecular weight is 308 g/mol. The molecule has 2 amide bonds. The van der Waals surface area contributed by atoms with Crippen LogP contribution in [0.2, 0.25) is 0 Å². The lowest BCUT2D eigenvalue weighted by molar-refractivity contribution is -0.121. The number of anilines is 1. The molecule has 1 aliphatic heterocycles. The van der Waals surface area contributed by atoms with Crippen LogP contribution in [0.1, 0.15) is 31.5 Å². The van der Waals surface area contributed by atoms with Crippen molar-refractivity contribution in [3.8, 4) is 0 Å². The first-order valence-electron chi connectivity index (χ1n) is 7.02. The van der Waals surface area contributed by atoms with E-state index in [0.717, 1.165) is 29.2 Å². The highest BCUT2D eigenvalue weighted by atomic mass is 32.2. The summed E-state index contributed by atoms with van der Waals surface area (Å²) in [5.74, 6) is 1.99. The summed E-state index contributed by atoms with van der Waals surface area (Å²) >= 11 is 1.76. The highest BCUT2D eigenvalue weighted by Gasteiger charge is 2.24. The van der Waals surface area contributed by atoms with Crippen LogP contribution in [-0.4, -0.2) is 28.1 Å². The molecule has 6 nitrogen and oxygen atoms in total. The lowest BCUT2D eigenvalue weighted by Crippen LogP contribution is -2.29. The van der Waals surface area contributed by atoms with Gasteiger partial charge in [0.1, 0.15) is 12.4 Å². The third-order valence-electron chi connectivity index (χ3n) is 3.04. The summed E-state index contributed by atoms with van der Waals surface area (Å²) in [6.07, 6.45) is 4.03. The van der Waals surface area contributed by atoms with Crippen LogP contribution >= 0.6 is 11.8 Å². The molecule has 0 aliphatic carbocycles. The van der Waals surface area contributed by atoms with Crippen LogP contribution in [0.5, 0.6) is 0 Å². The Labute approximate surface area is 128 Å². The molecule has 0 unspecified atom stereocenters. The summed E-state index contributed by atoms with van der Waals surface area (Å²) in [7, 11) is 0. The predicted molar refractivity (Wildman–Crippen MR) is 84.0 cm³/mol. The molecular weight excluding hydrogens is 288 g/mol. The van der Waals surface area contributed by atoms with Crippen molar-refractivity contribution in [3.05, 3.63) is 23.4 Å². The van der Waals surface area contributed by atoms with E-state index in [1.54, 1.807) is 29.4 Å². The number of rotatable bonds is 6. The zero-order valence-electron chi connectivity index (χ0n) is 12.3. The topological polar surface area (TPSA) is 76.0 Å². The van der Waals surface area contributed by atoms with Gasteiger partial charge in [-0.1, -0.05) is 13.0 Å². The molecule has 0 spiro atoms. The molecule has 0 bridgehead atoms. The Morgan fingerprint density at radius 3 is 2.95 bits per heavy atom. The molecule has 7 heteroatoms. The quantitative estimate of drug-likeness (QED) is 0.784. The smallest absolute Gasteiger partial charge is 0.249 e. The summed E-state index contributed by atoms with van der Waals surface area (Å²) in [6.45, 7) is 4.57. The molecule has 0 atom stereocenters. The van der Waals surface area contributed by atoms with E-state index in [1.807, 2.05) is 6.92 Å². The van der Waals surface area contributed by atoms with E-state index in [2.05, 4.69) is 15.7 Å². The first kappa shape index (κ1) is 15.6. The number of hydrogen-bond donors (Lipinski definition) is 2. The van der Waals surface area contributed by atoms with Crippen molar-refractivity contribution in [3.63, 3.8) is 0 Å². The fourth-order valence-corrected chi connectivity index (χ4v) is 3.12. The zero-order valence-corrected chi connectivity index (χ0v) is 13.1. The summed E-state index contributed by atoms with van der Waals surface area (Å²) < 4.78 is 1.59. The van der Waals surface area contributed by atoms with Gasteiger partial charge in [0.05, 0.1) is 5.69 Å². The van der Waals surface area contributed by atoms with E-state index in [9.17, 15) is 9.59 Å². The Balaban J connectivity index is 2.16. The molecule has 0 radical (unpaired) electrons. The summed E-state index contributed by atoms with van der Waals surface area (Å²) in [4.78, 5) is 23.6. The average Bonchev–Trinajstić information content (AvgIpc) is 3.00. The molecule has 0 fully saturated rings. The standard InChI is InChI=1S/C14H20N4O2S/c1-3-5-12(19)16-14-10-8-21-9-11(10)17-18(14)7-13(20)15-6-4-2/h3,5H,4,6-9H2,1-2H3,(H,15,20)(H,16,19)/b5-3-.